The average molecular weight is 502 g/mol. The van der Waals surface area contributed by atoms with Gasteiger partial charge in [-0.05, 0) is 41.8 Å². The highest BCUT2D eigenvalue weighted by atomic mass is 32.2. The number of sulfonamides is 1. The minimum atomic E-state index is -3.94. The fraction of sp³-hybridized carbons (Fsp3) is 0.160. The first-order valence-electron chi connectivity index (χ1n) is 10.6. The zero-order valence-electron chi connectivity index (χ0n) is 18.7. The van der Waals surface area contributed by atoms with Gasteiger partial charge in [0.05, 0.1) is 12.0 Å². The van der Waals surface area contributed by atoms with Gasteiger partial charge >= 0.3 is 0 Å². The van der Waals surface area contributed by atoms with Crippen LogP contribution in [0.1, 0.15) is 17.7 Å². The van der Waals surface area contributed by atoms with Gasteiger partial charge in [-0.2, -0.15) is 5.10 Å². The minimum absolute atomic E-state index is 0.0251. The standard InChI is InChI=1S/C25H22F3N3O3S/c1-34-21-12-9-18(15-20(21)26)22-23(17-7-10-19(11-8-17)35(29,32)33)30-31(24(22)25(27)28)14-13-16-5-3-2-4-6-16/h2-12,15,25H,13-14H2,1H3,(H2,29,32,33). The summed E-state index contributed by atoms with van der Waals surface area (Å²) < 4.78 is 72.8. The molecule has 4 rings (SSSR count). The molecule has 0 saturated heterocycles. The summed E-state index contributed by atoms with van der Waals surface area (Å²) in [5.74, 6) is -0.736. The molecule has 3 aromatic carbocycles. The van der Waals surface area contributed by atoms with Gasteiger partial charge < -0.3 is 4.74 Å². The summed E-state index contributed by atoms with van der Waals surface area (Å²) in [4.78, 5) is -0.129. The van der Waals surface area contributed by atoms with E-state index in [9.17, 15) is 21.6 Å². The molecule has 0 atom stereocenters. The summed E-state index contributed by atoms with van der Waals surface area (Å²) in [5, 5.41) is 9.63. The van der Waals surface area contributed by atoms with Crippen molar-refractivity contribution in [2.75, 3.05) is 7.11 Å². The van der Waals surface area contributed by atoms with Gasteiger partial charge in [-0.25, -0.2) is 26.7 Å². The van der Waals surface area contributed by atoms with E-state index in [1.165, 1.54) is 48.2 Å². The van der Waals surface area contributed by atoms with Gasteiger partial charge in [0.25, 0.3) is 6.43 Å². The molecular weight excluding hydrogens is 479 g/mol. The van der Waals surface area contributed by atoms with Gasteiger partial charge in [0.1, 0.15) is 11.4 Å². The third-order valence-electron chi connectivity index (χ3n) is 5.55. The molecule has 0 spiro atoms. The van der Waals surface area contributed by atoms with Gasteiger partial charge in [0.15, 0.2) is 11.6 Å². The van der Waals surface area contributed by atoms with Crippen molar-refractivity contribution in [1.82, 2.24) is 9.78 Å². The topological polar surface area (TPSA) is 87.2 Å². The van der Waals surface area contributed by atoms with E-state index < -0.39 is 22.3 Å². The SMILES string of the molecule is COc1ccc(-c2c(-c3ccc(S(N)(=O)=O)cc3)nn(CCc3ccccc3)c2C(F)F)cc1F. The van der Waals surface area contributed by atoms with E-state index in [0.717, 1.165) is 11.6 Å². The van der Waals surface area contributed by atoms with E-state index in [4.69, 9.17) is 9.88 Å². The van der Waals surface area contributed by atoms with Crippen molar-refractivity contribution in [2.24, 2.45) is 5.14 Å². The van der Waals surface area contributed by atoms with E-state index in [-0.39, 0.29) is 39.7 Å². The fourth-order valence-corrected chi connectivity index (χ4v) is 4.37. The van der Waals surface area contributed by atoms with Gasteiger partial charge in [0, 0.05) is 17.7 Å². The minimum Gasteiger partial charge on any atom is -0.494 e. The summed E-state index contributed by atoms with van der Waals surface area (Å²) in [7, 11) is -2.63. The molecule has 35 heavy (non-hydrogen) atoms. The molecule has 1 heterocycles. The number of nitrogens with zero attached hydrogens (tertiary/aromatic N) is 2. The molecule has 1 aromatic heterocycles. The zero-order valence-corrected chi connectivity index (χ0v) is 19.5. The lowest BCUT2D eigenvalue weighted by Gasteiger charge is -2.11. The number of hydrogen-bond donors (Lipinski definition) is 1. The molecule has 6 nitrogen and oxygen atoms in total. The van der Waals surface area contributed by atoms with Crippen LogP contribution >= 0.6 is 0 Å². The van der Waals surface area contributed by atoms with Crippen LogP contribution in [0.5, 0.6) is 5.75 Å². The van der Waals surface area contributed by atoms with Gasteiger partial charge in [-0.15, -0.1) is 0 Å². The molecule has 2 N–H and O–H groups in total. The van der Waals surface area contributed by atoms with Crippen molar-refractivity contribution < 1.29 is 26.3 Å². The first-order valence-corrected chi connectivity index (χ1v) is 12.1. The third kappa shape index (κ3) is 5.23. The van der Waals surface area contributed by atoms with Crippen molar-refractivity contribution >= 4 is 10.0 Å². The summed E-state index contributed by atoms with van der Waals surface area (Å²) in [6.45, 7) is 0.157. The number of hydrogen-bond acceptors (Lipinski definition) is 4. The van der Waals surface area contributed by atoms with Crippen LogP contribution in [0.15, 0.2) is 77.7 Å². The molecule has 0 amide bonds. The van der Waals surface area contributed by atoms with Crippen LogP contribution < -0.4 is 9.88 Å². The van der Waals surface area contributed by atoms with E-state index >= 15 is 0 Å². The van der Waals surface area contributed by atoms with Crippen molar-refractivity contribution in [1.29, 1.82) is 0 Å². The van der Waals surface area contributed by atoms with Crippen LogP contribution in [0.4, 0.5) is 13.2 Å². The number of aryl methyl sites for hydroxylation is 2. The highest BCUT2D eigenvalue weighted by Crippen LogP contribution is 2.40. The number of nitrogens with two attached hydrogens (primary N) is 1. The maximum Gasteiger partial charge on any atom is 0.280 e. The normalized spacial score (nSPS) is 11.7. The second kappa shape index (κ2) is 9.93. The monoisotopic (exact) mass is 501 g/mol. The first kappa shape index (κ1) is 24.5. The zero-order chi connectivity index (χ0) is 25.2. The van der Waals surface area contributed by atoms with Crippen LogP contribution in [0, 0.1) is 5.82 Å². The van der Waals surface area contributed by atoms with Gasteiger partial charge in [-0.3, -0.25) is 4.68 Å². The van der Waals surface area contributed by atoms with Crippen LogP contribution in [0.2, 0.25) is 0 Å². The van der Waals surface area contributed by atoms with Crippen molar-refractivity contribution in [3.63, 3.8) is 0 Å². The third-order valence-corrected chi connectivity index (χ3v) is 6.48. The Labute approximate surface area is 200 Å². The number of halogens is 3. The molecule has 0 bridgehead atoms. The van der Waals surface area contributed by atoms with E-state index in [0.29, 0.717) is 12.0 Å². The van der Waals surface area contributed by atoms with Crippen LogP contribution in [-0.4, -0.2) is 25.3 Å². The molecule has 0 aliphatic heterocycles. The fourth-order valence-electron chi connectivity index (χ4n) is 3.86. The predicted molar refractivity (Wildman–Crippen MR) is 126 cm³/mol. The largest absolute Gasteiger partial charge is 0.494 e. The van der Waals surface area contributed by atoms with E-state index in [1.54, 1.807) is 0 Å². The summed E-state index contributed by atoms with van der Waals surface area (Å²) in [5.41, 5.74) is 1.37. The van der Waals surface area contributed by atoms with Crippen LogP contribution in [0.3, 0.4) is 0 Å². The maximum absolute atomic E-state index is 14.5. The lowest BCUT2D eigenvalue weighted by atomic mass is 9.98. The van der Waals surface area contributed by atoms with Gasteiger partial charge in [0.2, 0.25) is 10.0 Å². The Morgan fingerprint density at radius 1 is 1.00 bits per heavy atom. The Hall–Kier alpha value is -3.63. The van der Waals surface area contributed by atoms with Crippen molar-refractivity contribution in [3.8, 4) is 28.1 Å². The highest BCUT2D eigenvalue weighted by Gasteiger charge is 2.27. The highest BCUT2D eigenvalue weighted by molar-refractivity contribution is 7.89. The molecule has 10 heteroatoms. The number of rotatable bonds is 8. The van der Waals surface area contributed by atoms with Crippen molar-refractivity contribution in [2.45, 2.75) is 24.3 Å². The number of methoxy groups -OCH3 is 1. The summed E-state index contributed by atoms with van der Waals surface area (Å²) in [6.07, 6.45) is -2.46. The summed E-state index contributed by atoms with van der Waals surface area (Å²) >= 11 is 0. The molecule has 0 aliphatic carbocycles. The quantitative estimate of drug-likeness (QED) is 0.360. The number of ether oxygens (including phenoxy) is 1. The van der Waals surface area contributed by atoms with Crippen molar-refractivity contribution in [3.05, 3.63) is 89.9 Å². The smallest absolute Gasteiger partial charge is 0.280 e. The summed E-state index contributed by atoms with van der Waals surface area (Å²) in [6, 6.07) is 18.7. The lowest BCUT2D eigenvalue weighted by Crippen LogP contribution is -2.11. The van der Waals surface area contributed by atoms with Crippen LogP contribution in [-0.2, 0) is 23.0 Å². The second-order valence-corrected chi connectivity index (χ2v) is 9.35. The number of aromatic nitrogens is 2. The molecule has 0 radical (unpaired) electrons. The Bertz CT molecular complexity index is 1440. The second-order valence-electron chi connectivity index (χ2n) is 7.79. The van der Waals surface area contributed by atoms with Gasteiger partial charge in [-0.1, -0.05) is 48.5 Å². The number of primary sulfonamides is 1. The molecule has 0 fully saturated rings. The Morgan fingerprint density at radius 2 is 1.66 bits per heavy atom. The molecule has 0 saturated carbocycles. The van der Waals surface area contributed by atoms with E-state index in [2.05, 4.69) is 5.10 Å². The molecule has 182 valence electrons. The number of benzene rings is 3. The predicted octanol–water partition coefficient (Wildman–Crippen LogP) is 5.19. The van der Waals surface area contributed by atoms with E-state index in [1.807, 2.05) is 30.3 Å². The Kier molecular flexibility index (Phi) is 6.95. The molecule has 0 unspecified atom stereocenters. The molecule has 4 aromatic rings. The average Bonchev–Trinajstić information content (AvgIpc) is 3.23. The Morgan fingerprint density at radius 3 is 2.23 bits per heavy atom. The van der Waals surface area contributed by atoms with Crippen LogP contribution in [0.25, 0.3) is 22.4 Å². The molecule has 0 aliphatic rings. The molecular formula is C25H22F3N3O3S. The lowest BCUT2D eigenvalue weighted by molar-refractivity contribution is 0.139. The Balaban J connectivity index is 1.88. The number of alkyl halides is 2. The first-order chi connectivity index (χ1) is 16.7. The maximum atomic E-state index is 14.5.